The molecule has 2 aromatic carbocycles. The summed E-state index contributed by atoms with van der Waals surface area (Å²) in [6.45, 7) is 3.89. The van der Waals surface area contributed by atoms with Crippen LogP contribution in [0.3, 0.4) is 0 Å². The average Bonchev–Trinajstić information content (AvgIpc) is 2.35. The van der Waals surface area contributed by atoms with Crippen molar-refractivity contribution >= 4 is 23.0 Å². The summed E-state index contributed by atoms with van der Waals surface area (Å²) in [5.74, 6) is 0. The van der Waals surface area contributed by atoms with E-state index in [1.54, 1.807) is 6.07 Å². The lowest BCUT2D eigenvalue weighted by molar-refractivity contribution is 1.38. The highest BCUT2D eigenvalue weighted by atomic mass is 35.5. The lowest BCUT2D eigenvalue weighted by Crippen LogP contribution is -1.94. The second-order valence-corrected chi connectivity index (χ2v) is 4.58. The number of nitrogens with zero attached hydrogens (tertiary/aromatic N) is 1. The molecule has 0 fully saturated rings. The average molecular weight is 257 g/mol. The molecule has 0 saturated carbocycles. The van der Waals surface area contributed by atoms with E-state index >= 15 is 0 Å². The van der Waals surface area contributed by atoms with Gasteiger partial charge in [-0.3, -0.25) is 0 Å². The highest BCUT2D eigenvalue weighted by Gasteiger charge is 2.04. The minimum atomic E-state index is 0.691. The minimum Gasteiger partial charge on any atom is -0.354 e. The third kappa shape index (κ3) is 2.47. The molecular weight excluding hydrogens is 244 g/mol. The van der Waals surface area contributed by atoms with E-state index < -0.39 is 0 Å². The van der Waals surface area contributed by atoms with Gasteiger partial charge in [-0.2, -0.15) is 5.26 Å². The van der Waals surface area contributed by atoms with Crippen LogP contribution in [0.4, 0.5) is 11.4 Å². The summed E-state index contributed by atoms with van der Waals surface area (Å²) in [5, 5.41) is 12.9. The van der Waals surface area contributed by atoms with Gasteiger partial charge in [0.15, 0.2) is 0 Å². The highest BCUT2D eigenvalue weighted by Crippen LogP contribution is 2.28. The van der Waals surface area contributed by atoms with E-state index in [0.29, 0.717) is 5.56 Å². The van der Waals surface area contributed by atoms with Crippen LogP contribution in [0.25, 0.3) is 0 Å². The molecule has 0 radical (unpaired) electrons. The number of hydrogen-bond donors (Lipinski definition) is 1. The third-order valence-corrected chi connectivity index (χ3v) is 3.32. The highest BCUT2D eigenvalue weighted by molar-refractivity contribution is 6.34. The van der Waals surface area contributed by atoms with E-state index in [1.807, 2.05) is 44.2 Å². The number of nitrogens with one attached hydrogen (secondary N) is 1. The molecule has 0 unspecified atom stereocenters. The molecule has 0 heterocycles. The minimum absolute atomic E-state index is 0.691. The summed E-state index contributed by atoms with van der Waals surface area (Å²) in [5.41, 5.74) is 4.48. The van der Waals surface area contributed by atoms with Gasteiger partial charge in [-0.1, -0.05) is 23.7 Å². The Morgan fingerprint density at radius 2 is 1.89 bits per heavy atom. The molecule has 90 valence electrons. The van der Waals surface area contributed by atoms with Gasteiger partial charge in [0.05, 0.1) is 22.3 Å². The van der Waals surface area contributed by atoms with Gasteiger partial charge in [-0.15, -0.1) is 0 Å². The fourth-order valence-electron chi connectivity index (χ4n) is 1.77. The van der Waals surface area contributed by atoms with Crippen LogP contribution in [0.5, 0.6) is 0 Å². The van der Waals surface area contributed by atoms with E-state index in [-0.39, 0.29) is 0 Å². The van der Waals surface area contributed by atoms with Crippen LogP contribution in [-0.4, -0.2) is 0 Å². The summed E-state index contributed by atoms with van der Waals surface area (Å²) in [6, 6.07) is 13.6. The van der Waals surface area contributed by atoms with E-state index in [2.05, 4.69) is 11.4 Å². The summed E-state index contributed by atoms with van der Waals surface area (Å²) >= 11 is 6.23. The fraction of sp³-hybridized carbons (Fsp3) is 0.133. The van der Waals surface area contributed by atoms with Crippen LogP contribution in [-0.2, 0) is 0 Å². The van der Waals surface area contributed by atoms with Gasteiger partial charge in [0.25, 0.3) is 0 Å². The number of halogens is 1. The van der Waals surface area contributed by atoms with Gasteiger partial charge in [0, 0.05) is 5.69 Å². The Morgan fingerprint density at radius 3 is 2.56 bits per heavy atom. The SMILES string of the molecule is Cc1cc(Nc2cccc(C)c2Cl)ccc1C#N. The number of aryl methyl sites for hydroxylation is 2. The van der Waals surface area contributed by atoms with E-state index in [4.69, 9.17) is 16.9 Å². The van der Waals surface area contributed by atoms with Crippen molar-refractivity contribution in [3.8, 4) is 6.07 Å². The molecule has 0 amide bonds. The second kappa shape index (κ2) is 5.12. The van der Waals surface area contributed by atoms with Gasteiger partial charge in [0.2, 0.25) is 0 Å². The van der Waals surface area contributed by atoms with Crippen LogP contribution in [0, 0.1) is 25.2 Å². The number of rotatable bonds is 2. The van der Waals surface area contributed by atoms with Gasteiger partial charge < -0.3 is 5.32 Å². The first-order valence-electron chi connectivity index (χ1n) is 5.64. The Hall–Kier alpha value is -1.98. The zero-order chi connectivity index (χ0) is 13.1. The topological polar surface area (TPSA) is 35.8 Å². The Bertz CT molecular complexity index is 627. The molecule has 0 spiro atoms. The second-order valence-electron chi connectivity index (χ2n) is 4.20. The maximum atomic E-state index is 8.89. The van der Waals surface area contributed by atoms with Gasteiger partial charge in [0.1, 0.15) is 0 Å². The van der Waals surface area contributed by atoms with Crippen LogP contribution in [0.15, 0.2) is 36.4 Å². The molecular formula is C15H13ClN2. The van der Waals surface area contributed by atoms with Crippen LogP contribution < -0.4 is 5.32 Å². The van der Waals surface area contributed by atoms with Gasteiger partial charge in [-0.25, -0.2) is 0 Å². The molecule has 0 atom stereocenters. The van der Waals surface area contributed by atoms with Crippen LogP contribution >= 0.6 is 11.6 Å². The van der Waals surface area contributed by atoms with Crippen molar-refractivity contribution < 1.29 is 0 Å². The molecule has 0 bridgehead atoms. The molecule has 0 aromatic heterocycles. The first-order chi connectivity index (χ1) is 8.61. The van der Waals surface area contributed by atoms with Crippen LogP contribution in [0.2, 0.25) is 5.02 Å². The standard InChI is InChI=1S/C15H13ClN2/c1-10-4-3-5-14(15(10)16)18-13-7-6-12(9-17)11(2)8-13/h3-8,18H,1-2H3. The molecule has 3 heteroatoms. The molecule has 0 aliphatic rings. The molecule has 0 aliphatic heterocycles. The predicted octanol–water partition coefficient (Wildman–Crippen LogP) is 4.57. The number of benzene rings is 2. The smallest absolute Gasteiger partial charge is 0.0994 e. The van der Waals surface area contributed by atoms with Crippen molar-refractivity contribution in [2.24, 2.45) is 0 Å². The normalized spacial score (nSPS) is 9.89. The largest absolute Gasteiger partial charge is 0.354 e. The Balaban J connectivity index is 2.32. The number of hydrogen-bond acceptors (Lipinski definition) is 2. The number of nitriles is 1. The Labute approximate surface area is 112 Å². The fourth-order valence-corrected chi connectivity index (χ4v) is 1.94. The summed E-state index contributed by atoms with van der Waals surface area (Å²) in [4.78, 5) is 0. The summed E-state index contributed by atoms with van der Waals surface area (Å²) in [6.07, 6.45) is 0. The van der Waals surface area contributed by atoms with E-state index in [1.165, 1.54) is 0 Å². The summed E-state index contributed by atoms with van der Waals surface area (Å²) < 4.78 is 0. The Kier molecular flexibility index (Phi) is 3.55. The zero-order valence-corrected chi connectivity index (χ0v) is 11.0. The van der Waals surface area contributed by atoms with Crippen molar-refractivity contribution in [2.75, 3.05) is 5.32 Å². The molecule has 0 aliphatic carbocycles. The Morgan fingerprint density at radius 1 is 1.11 bits per heavy atom. The lowest BCUT2D eigenvalue weighted by atomic mass is 10.1. The maximum Gasteiger partial charge on any atom is 0.0994 e. The lowest BCUT2D eigenvalue weighted by Gasteiger charge is -2.11. The van der Waals surface area contributed by atoms with E-state index in [9.17, 15) is 0 Å². The van der Waals surface area contributed by atoms with Crippen LogP contribution in [0.1, 0.15) is 16.7 Å². The van der Waals surface area contributed by atoms with Crippen molar-refractivity contribution in [1.82, 2.24) is 0 Å². The first kappa shape index (κ1) is 12.5. The molecule has 2 rings (SSSR count). The molecule has 2 aromatic rings. The van der Waals surface area contributed by atoms with Crippen molar-refractivity contribution in [3.05, 3.63) is 58.1 Å². The molecule has 2 nitrogen and oxygen atoms in total. The molecule has 18 heavy (non-hydrogen) atoms. The quantitative estimate of drug-likeness (QED) is 0.854. The van der Waals surface area contributed by atoms with Gasteiger partial charge >= 0.3 is 0 Å². The zero-order valence-electron chi connectivity index (χ0n) is 10.3. The van der Waals surface area contributed by atoms with Gasteiger partial charge in [-0.05, 0) is 49.2 Å². The predicted molar refractivity (Wildman–Crippen MR) is 75.4 cm³/mol. The first-order valence-corrected chi connectivity index (χ1v) is 6.02. The van der Waals surface area contributed by atoms with Crippen molar-refractivity contribution in [2.45, 2.75) is 13.8 Å². The third-order valence-electron chi connectivity index (χ3n) is 2.82. The van der Waals surface area contributed by atoms with Crippen molar-refractivity contribution in [1.29, 1.82) is 5.26 Å². The van der Waals surface area contributed by atoms with Crippen molar-refractivity contribution in [3.63, 3.8) is 0 Å². The molecule has 1 N–H and O–H groups in total. The monoisotopic (exact) mass is 256 g/mol. The summed E-state index contributed by atoms with van der Waals surface area (Å²) in [7, 11) is 0. The maximum absolute atomic E-state index is 8.89. The number of anilines is 2. The van der Waals surface area contributed by atoms with E-state index in [0.717, 1.165) is 27.5 Å². The molecule has 0 saturated heterocycles.